The number of nitrogens with zero attached hydrogens (tertiary/aromatic N) is 5. The van der Waals surface area contributed by atoms with Crippen LogP contribution in [-0.4, -0.2) is 61.9 Å². The van der Waals surface area contributed by atoms with E-state index in [0.717, 1.165) is 68.9 Å². The molecular weight excluding hydrogens is 428 g/mol. The molecule has 2 aromatic heterocycles. The largest absolute Gasteiger partial charge is 0.481 e. The summed E-state index contributed by atoms with van der Waals surface area (Å²) in [5.74, 6) is 0.880. The molecule has 2 atom stereocenters. The molecule has 0 saturated carbocycles. The second kappa shape index (κ2) is 10.3. The average Bonchev–Trinajstić information content (AvgIpc) is 3.55. The van der Waals surface area contributed by atoms with Crippen LogP contribution in [0.1, 0.15) is 48.4 Å². The van der Waals surface area contributed by atoms with Gasteiger partial charge in [-0.05, 0) is 73.9 Å². The van der Waals surface area contributed by atoms with E-state index in [1.807, 2.05) is 22.8 Å². The molecule has 0 aliphatic carbocycles. The molecule has 1 saturated heterocycles. The van der Waals surface area contributed by atoms with Crippen molar-refractivity contribution in [2.24, 2.45) is 5.92 Å². The molecule has 0 spiro atoms. The highest BCUT2D eigenvalue weighted by molar-refractivity contribution is 5.68. The second-order valence-electron chi connectivity index (χ2n) is 9.55. The summed E-state index contributed by atoms with van der Waals surface area (Å²) in [5, 5.41) is 20.7. The Morgan fingerprint density at radius 1 is 1.21 bits per heavy atom. The number of rotatable bonds is 9. The van der Waals surface area contributed by atoms with Crippen LogP contribution in [0.25, 0.3) is 5.69 Å². The molecule has 8 heteroatoms. The van der Waals surface area contributed by atoms with Gasteiger partial charge in [0.05, 0.1) is 6.42 Å². The van der Waals surface area contributed by atoms with Gasteiger partial charge >= 0.3 is 5.97 Å². The zero-order chi connectivity index (χ0) is 23.3. The lowest BCUT2D eigenvalue weighted by Gasteiger charge is -2.24. The molecule has 0 amide bonds. The van der Waals surface area contributed by atoms with Crippen molar-refractivity contribution in [3.63, 3.8) is 0 Å². The van der Waals surface area contributed by atoms with Crippen molar-refractivity contribution >= 4 is 11.8 Å². The van der Waals surface area contributed by atoms with Crippen molar-refractivity contribution in [3.05, 3.63) is 65.9 Å². The van der Waals surface area contributed by atoms with Crippen LogP contribution in [0.2, 0.25) is 0 Å². The van der Waals surface area contributed by atoms with E-state index in [4.69, 9.17) is 4.98 Å². The van der Waals surface area contributed by atoms with Gasteiger partial charge in [0.15, 0.2) is 0 Å². The second-order valence-corrected chi connectivity index (χ2v) is 9.55. The lowest BCUT2D eigenvalue weighted by atomic mass is 9.94. The Bertz CT molecular complexity index is 1120. The van der Waals surface area contributed by atoms with Crippen LogP contribution < -0.4 is 5.32 Å². The van der Waals surface area contributed by atoms with Crippen molar-refractivity contribution in [2.75, 3.05) is 31.5 Å². The lowest BCUT2D eigenvalue weighted by molar-refractivity contribution is -0.137. The minimum Gasteiger partial charge on any atom is -0.481 e. The number of aryl methyl sites for hydroxylation is 2. The first kappa shape index (κ1) is 22.5. The Labute approximate surface area is 200 Å². The van der Waals surface area contributed by atoms with Crippen molar-refractivity contribution in [2.45, 2.75) is 44.4 Å². The molecule has 1 unspecified atom stereocenters. The van der Waals surface area contributed by atoms with Crippen molar-refractivity contribution < 1.29 is 9.90 Å². The van der Waals surface area contributed by atoms with E-state index >= 15 is 0 Å². The van der Waals surface area contributed by atoms with Crippen LogP contribution in [0.4, 0.5) is 5.82 Å². The number of carbonyl (C=O) groups is 1. The minimum atomic E-state index is -0.762. The first-order valence-electron chi connectivity index (χ1n) is 12.3. The van der Waals surface area contributed by atoms with Gasteiger partial charge < -0.3 is 15.3 Å². The molecule has 3 aromatic rings. The summed E-state index contributed by atoms with van der Waals surface area (Å²) < 4.78 is 1.84. The third kappa shape index (κ3) is 5.44. The monoisotopic (exact) mass is 460 g/mol. The maximum absolute atomic E-state index is 11.6. The van der Waals surface area contributed by atoms with Crippen LogP contribution in [-0.2, 0) is 17.6 Å². The standard InChI is InChI=1S/C26H32N6O2/c33-25(34)14-22(21-3-1-5-24(13-21)32-17-28-29-18-32)16-31-12-10-19(15-31)6-8-23-9-7-20-4-2-11-27-26(20)30-23/h1,3,5,7,9,13,17-19,22H,2,4,6,8,10-12,14-16H2,(H,27,30)(H,33,34)/t19-,22?/m1/s1. The molecule has 1 aromatic carbocycles. The van der Waals surface area contributed by atoms with Gasteiger partial charge in [-0.1, -0.05) is 18.2 Å². The molecular formula is C26H32N6O2. The number of aromatic nitrogens is 4. The zero-order valence-electron chi connectivity index (χ0n) is 19.4. The SMILES string of the molecule is O=C(O)CC(CN1CC[C@@H](CCc2ccc3c(n2)NCCC3)C1)c1cccc(-n2cnnc2)c1. The predicted molar refractivity (Wildman–Crippen MR) is 130 cm³/mol. The van der Waals surface area contributed by atoms with E-state index in [1.54, 1.807) is 12.7 Å². The lowest BCUT2D eigenvalue weighted by Crippen LogP contribution is -2.28. The Morgan fingerprint density at radius 3 is 2.94 bits per heavy atom. The Morgan fingerprint density at radius 2 is 2.09 bits per heavy atom. The van der Waals surface area contributed by atoms with Gasteiger partial charge in [0.2, 0.25) is 0 Å². The first-order chi connectivity index (χ1) is 16.6. The van der Waals surface area contributed by atoms with Crippen LogP contribution in [0, 0.1) is 5.92 Å². The molecule has 2 aliphatic heterocycles. The Hall–Kier alpha value is -3.26. The van der Waals surface area contributed by atoms with Crippen LogP contribution in [0.15, 0.2) is 49.1 Å². The Balaban J connectivity index is 1.19. The number of carboxylic acid groups (broad SMARTS) is 1. The number of benzene rings is 1. The van der Waals surface area contributed by atoms with E-state index in [2.05, 4.69) is 38.6 Å². The maximum Gasteiger partial charge on any atom is 0.304 e. The van der Waals surface area contributed by atoms with E-state index in [1.165, 1.54) is 17.7 Å². The highest BCUT2D eigenvalue weighted by Gasteiger charge is 2.27. The van der Waals surface area contributed by atoms with Gasteiger partial charge in [-0.3, -0.25) is 9.36 Å². The topological polar surface area (TPSA) is 96.2 Å². The molecule has 178 valence electrons. The molecule has 5 rings (SSSR count). The molecule has 1 fully saturated rings. The number of aliphatic carboxylic acids is 1. The number of hydrogen-bond acceptors (Lipinski definition) is 6. The summed E-state index contributed by atoms with van der Waals surface area (Å²) in [7, 11) is 0. The molecule has 2 N–H and O–H groups in total. The minimum absolute atomic E-state index is 0.0546. The zero-order valence-corrected chi connectivity index (χ0v) is 19.4. The quantitative estimate of drug-likeness (QED) is 0.504. The van der Waals surface area contributed by atoms with Crippen LogP contribution in [0.3, 0.4) is 0 Å². The fourth-order valence-electron chi connectivity index (χ4n) is 5.26. The average molecular weight is 461 g/mol. The number of nitrogens with one attached hydrogen (secondary N) is 1. The van der Waals surface area contributed by atoms with Crippen molar-refractivity contribution in [1.29, 1.82) is 0 Å². The number of pyridine rings is 1. The number of anilines is 1. The third-order valence-electron chi connectivity index (χ3n) is 7.09. The molecule has 8 nitrogen and oxygen atoms in total. The smallest absolute Gasteiger partial charge is 0.304 e. The molecule has 0 radical (unpaired) electrons. The van der Waals surface area contributed by atoms with E-state index in [0.29, 0.717) is 5.92 Å². The fraction of sp³-hybridized carbons (Fsp3) is 0.462. The van der Waals surface area contributed by atoms with Crippen molar-refractivity contribution in [3.8, 4) is 5.69 Å². The highest BCUT2D eigenvalue weighted by atomic mass is 16.4. The van der Waals surface area contributed by atoms with Crippen molar-refractivity contribution in [1.82, 2.24) is 24.6 Å². The summed E-state index contributed by atoms with van der Waals surface area (Å²) in [6, 6.07) is 12.5. The fourth-order valence-corrected chi connectivity index (χ4v) is 5.26. The Kier molecular flexibility index (Phi) is 6.85. The number of hydrogen-bond donors (Lipinski definition) is 2. The van der Waals surface area contributed by atoms with E-state index < -0.39 is 5.97 Å². The third-order valence-corrected chi connectivity index (χ3v) is 7.09. The summed E-state index contributed by atoms with van der Waals surface area (Å²) in [5.41, 5.74) is 4.49. The maximum atomic E-state index is 11.6. The highest BCUT2D eigenvalue weighted by Crippen LogP contribution is 2.28. The normalized spacial score (nSPS) is 18.9. The van der Waals surface area contributed by atoms with Gasteiger partial charge in [0, 0.05) is 36.9 Å². The van der Waals surface area contributed by atoms with Gasteiger partial charge in [-0.15, -0.1) is 10.2 Å². The number of fused-ring (bicyclic) bond motifs is 1. The molecule has 4 heterocycles. The molecule has 2 aliphatic rings. The van der Waals surface area contributed by atoms with Gasteiger partial charge in [0.1, 0.15) is 18.5 Å². The number of likely N-dealkylation sites (tertiary alicyclic amines) is 1. The van der Waals surface area contributed by atoms with Gasteiger partial charge in [-0.25, -0.2) is 4.98 Å². The summed E-state index contributed by atoms with van der Waals surface area (Å²) in [4.78, 5) is 18.9. The molecule has 0 bridgehead atoms. The van der Waals surface area contributed by atoms with Crippen LogP contribution >= 0.6 is 0 Å². The van der Waals surface area contributed by atoms with E-state index in [-0.39, 0.29) is 12.3 Å². The van der Waals surface area contributed by atoms with Gasteiger partial charge in [0.25, 0.3) is 0 Å². The summed E-state index contributed by atoms with van der Waals surface area (Å²) in [6.45, 7) is 3.81. The summed E-state index contributed by atoms with van der Waals surface area (Å²) >= 11 is 0. The summed E-state index contributed by atoms with van der Waals surface area (Å²) in [6.07, 6.45) is 9.00. The van der Waals surface area contributed by atoms with Gasteiger partial charge in [-0.2, -0.15) is 0 Å². The van der Waals surface area contributed by atoms with E-state index in [9.17, 15) is 9.90 Å². The predicted octanol–water partition coefficient (Wildman–Crippen LogP) is 3.53. The first-order valence-corrected chi connectivity index (χ1v) is 12.3. The van der Waals surface area contributed by atoms with Crippen LogP contribution in [0.5, 0.6) is 0 Å². The molecule has 34 heavy (non-hydrogen) atoms. The number of carboxylic acids is 1.